The van der Waals surface area contributed by atoms with Crippen LogP contribution in [-0.4, -0.2) is 37.0 Å². The van der Waals surface area contributed by atoms with Crippen molar-refractivity contribution in [2.24, 2.45) is 0 Å². The largest absolute Gasteiger partial charge is 0.371 e. The summed E-state index contributed by atoms with van der Waals surface area (Å²) in [6.07, 6.45) is 0.113. The van der Waals surface area contributed by atoms with Gasteiger partial charge in [0, 0.05) is 30.5 Å². The van der Waals surface area contributed by atoms with E-state index < -0.39 is 5.82 Å². The lowest BCUT2D eigenvalue weighted by molar-refractivity contribution is -0.117. The Morgan fingerprint density at radius 2 is 2.00 bits per heavy atom. The van der Waals surface area contributed by atoms with Gasteiger partial charge in [-0.1, -0.05) is 28.1 Å². The van der Waals surface area contributed by atoms with Crippen LogP contribution in [0.5, 0.6) is 0 Å². The van der Waals surface area contributed by atoms with E-state index in [1.165, 1.54) is 24.3 Å². The van der Waals surface area contributed by atoms with E-state index in [4.69, 9.17) is 4.74 Å². The fourth-order valence-corrected chi connectivity index (χ4v) is 3.18. The summed E-state index contributed by atoms with van der Waals surface area (Å²) in [5.74, 6) is -0.996. The monoisotopic (exact) mass is 424 g/mol. The van der Waals surface area contributed by atoms with Crippen molar-refractivity contribution in [1.82, 2.24) is 4.90 Å². The Balaban J connectivity index is 1.50. The normalized spacial score (nSPS) is 17.9. The zero-order chi connectivity index (χ0) is 18.5. The number of benzene rings is 2. The first kappa shape index (κ1) is 18.9. The highest BCUT2D eigenvalue weighted by Crippen LogP contribution is 2.23. The molecule has 1 atom stereocenters. The number of rotatable bonds is 5. The Kier molecular flexibility index (Phi) is 6.34. The summed E-state index contributed by atoms with van der Waals surface area (Å²) in [5, 5.41) is 2.59. The second-order valence-electron chi connectivity index (χ2n) is 6.13. The predicted molar refractivity (Wildman–Crippen MR) is 98.9 cm³/mol. The van der Waals surface area contributed by atoms with E-state index in [0.717, 1.165) is 12.1 Å². The molecule has 1 aliphatic heterocycles. The Bertz CT molecular complexity index is 771. The maximum atomic E-state index is 13.8. The molecule has 2 aromatic carbocycles. The van der Waals surface area contributed by atoms with Crippen LogP contribution in [0.2, 0.25) is 0 Å². The Morgan fingerprint density at radius 1 is 1.23 bits per heavy atom. The van der Waals surface area contributed by atoms with Crippen molar-refractivity contribution in [3.63, 3.8) is 0 Å². The smallest absolute Gasteiger partial charge is 0.225 e. The van der Waals surface area contributed by atoms with Crippen LogP contribution in [0.4, 0.5) is 14.5 Å². The van der Waals surface area contributed by atoms with Gasteiger partial charge in [-0.2, -0.15) is 0 Å². The third-order valence-corrected chi connectivity index (χ3v) is 4.75. The molecule has 1 amide bonds. The summed E-state index contributed by atoms with van der Waals surface area (Å²) in [6, 6.07) is 10.8. The molecule has 4 nitrogen and oxygen atoms in total. The molecule has 1 aliphatic rings. The van der Waals surface area contributed by atoms with Gasteiger partial charge in [0.15, 0.2) is 0 Å². The number of ether oxygens (including phenoxy) is 1. The molecule has 26 heavy (non-hydrogen) atoms. The van der Waals surface area contributed by atoms with Gasteiger partial charge in [-0.25, -0.2) is 8.78 Å². The van der Waals surface area contributed by atoms with Gasteiger partial charge in [0.2, 0.25) is 5.91 Å². The number of nitrogens with one attached hydrogen (secondary N) is 1. The maximum absolute atomic E-state index is 13.8. The van der Waals surface area contributed by atoms with E-state index in [1.807, 2.05) is 0 Å². The fourth-order valence-electron chi connectivity index (χ4n) is 2.85. The Hall–Kier alpha value is -1.83. The molecule has 3 rings (SSSR count). The van der Waals surface area contributed by atoms with Crippen LogP contribution in [0.15, 0.2) is 46.9 Å². The Morgan fingerprint density at radius 3 is 2.73 bits per heavy atom. The van der Waals surface area contributed by atoms with Crippen LogP contribution in [0.1, 0.15) is 18.1 Å². The van der Waals surface area contributed by atoms with Crippen molar-refractivity contribution >= 4 is 27.5 Å². The molecule has 1 N–H and O–H groups in total. The number of amides is 1. The third-order valence-electron chi connectivity index (χ3n) is 4.25. The van der Waals surface area contributed by atoms with Gasteiger partial charge in [0.1, 0.15) is 11.6 Å². The molecule has 0 bridgehead atoms. The minimum atomic E-state index is -0.476. The van der Waals surface area contributed by atoms with Crippen LogP contribution in [0, 0.1) is 11.6 Å². The lowest BCUT2D eigenvalue weighted by atomic mass is 10.1. The topological polar surface area (TPSA) is 41.6 Å². The van der Waals surface area contributed by atoms with Crippen LogP contribution >= 0.6 is 15.9 Å². The molecule has 138 valence electrons. The second-order valence-corrected chi connectivity index (χ2v) is 7.05. The van der Waals surface area contributed by atoms with Crippen LogP contribution in [-0.2, 0) is 9.53 Å². The summed E-state index contributed by atoms with van der Waals surface area (Å²) in [5.41, 5.74) is 1.09. The Labute approximate surface area is 159 Å². The number of carbonyl (C=O) groups excluding carboxylic acids is 1. The first-order chi connectivity index (χ1) is 12.5. The van der Waals surface area contributed by atoms with E-state index in [-0.39, 0.29) is 29.9 Å². The highest BCUT2D eigenvalue weighted by Gasteiger charge is 2.22. The first-order valence-corrected chi connectivity index (χ1v) is 9.15. The molecule has 0 spiro atoms. The van der Waals surface area contributed by atoms with Crippen LogP contribution in [0.25, 0.3) is 0 Å². The minimum absolute atomic E-state index is 0.142. The van der Waals surface area contributed by atoms with E-state index in [1.54, 1.807) is 18.2 Å². The summed E-state index contributed by atoms with van der Waals surface area (Å²) >= 11 is 3.18. The van der Waals surface area contributed by atoms with Gasteiger partial charge in [0.05, 0.1) is 18.4 Å². The van der Waals surface area contributed by atoms with Gasteiger partial charge >= 0.3 is 0 Å². The zero-order valence-corrected chi connectivity index (χ0v) is 15.6. The standard InChI is InChI=1S/C19H19BrF2N2O2/c20-14-3-6-17(16(22)11-14)23-19(25)7-8-24-9-10-26-18(12-24)13-1-4-15(21)5-2-13/h1-6,11,18H,7-10,12H2,(H,23,25). The molecule has 0 aliphatic carbocycles. The molecule has 0 saturated carbocycles. The van der Waals surface area contributed by atoms with Crippen molar-refractivity contribution in [2.45, 2.75) is 12.5 Å². The van der Waals surface area contributed by atoms with Gasteiger partial charge in [-0.15, -0.1) is 0 Å². The quantitative estimate of drug-likeness (QED) is 0.784. The zero-order valence-electron chi connectivity index (χ0n) is 14.1. The van der Waals surface area contributed by atoms with Gasteiger partial charge in [-0.3, -0.25) is 9.69 Å². The number of hydrogen-bond donors (Lipinski definition) is 1. The van der Waals surface area contributed by atoms with Crippen molar-refractivity contribution in [1.29, 1.82) is 0 Å². The molecule has 1 saturated heterocycles. The molecular weight excluding hydrogens is 406 g/mol. The number of nitrogens with zero attached hydrogens (tertiary/aromatic N) is 1. The lowest BCUT2D eigenvalue weighted by Crippen LogP contribution is -2.39. The average Bonchev–Trinajstić information content (AvgIpc) is 2.63. The summed E-state index contributed by atoms with van der Waals surface area (Å²) < 4.78 is 33.2. The SMILES string of the molecule is O=C(CCN1CCOC(c2ccc(F)cc2)C1)Nc1ccc(Br)cc1F. The number of halogens is 3. The van der Waals surface area contributed by atoms with Crippen LogP contribution in [0.3, 0.4) is 0 Å². The summed E-state index contributed by atoms with van der Waals surface area (Å²) in [6.45, 7) is 2.44. The second kappa shape index (κ2) is 8.70. The van der Waals surface area contributed by atoms with E-state index >= 15 is 0 Å². The van der Waals surface area contributed by atoms with Crippen molar-refractivity contribution < 1.29 is 18.3 Å². The predicted octanol–water partition coefficient (Wildman–Crippen LogP) is 4.13. The number of carbonyl (C=O) groups is 1. The molecule has 2 aromatic rings. The van der Waals surface area contributed by atoms with E-state index in [9.17, 15) is 13.6 Å². The van der Waals surface area contributed by atoms with Gasteiger partial charge < -0.3 is 10.1 Å². The van der Waals surface area contributed by atoms with E-state index in [2.05, 4.69) is 26.1 Å². The minimum Gasteiger partial charge on any atom is -0.371 e. The highest BCUT2D eigenvalue weighted by atomic mass is 79.9. The maximum Gasteiger partial charge on any atom is 0.225 e. The fraction of sp³-hybridized carbons (Fsp3) is 0.316. The van der Waals surface area contributed by atoms with Crippen molar-refractivity contribution in [3.05, 3.63) is 64.1 Å². The van der Waals surface area contributed by atoms with Gasteiger partial charge in [-0.05, 0) is 35.9 Å². The molecule has 0 aromatic heterocycles. The lowest BCUT2D eigenvalue weighted by Gasteiger charge is -2.33. The first-order valence-electron chi connectivity index (χ1n) is 8.35. The number of anilines is 1. The van der Waals surface area contributed by atoms with E-state index in [0.29, 0.717) is 24.2 Å². The third kappa shape index (κ3) is 5.09. The average molecular weight is 425 g/mol. The van der Waals surface area contributed by atoms with Crippen molar-refractivity contribution in [2.75, 3.05) is 31.6 Å². The van der Waals surface area contributed by atoms with Gasteiger partial charge in [0.25, 0.3) is 0 Å². The molecular formula is C19H19BrF2N2O2. The summed E-state index contributed by atoms with van der Waals surface area (Å²) in [4.78, 5) is 14.2. The molecule has 1 fully saturated rings. The van der Waals surface area contributed by atoms with Crippen molar-refractivity contribution in [3.8, 4) is 0 Å². The highest BCUT2D eigenvalue weighted by molar-refractivity contribution is 9.10. The number of morpholine rings is 1. The summed E-state index contributed by atoms with van der Waals surface area (Å²) in [7, 11) is 0. The molecule has 1 heterocycles. The van der Waals surface area contributed by atoms with Crippen LogP contribution < -0.4 is 5.32 Å². The molecule has 0 radical (unpaired) electrons. The number of hydrogen-bond acceptors (Lipinski definition) is 3. The molecule has 7 heteroatoms. The molecule has 1 unspecified atom stereocenters.